The minimum absolute atomic E-state index is 0.0459. The summed E-state index contributed by atoms with van der Waals surface area (Å²) in [5.74, 6) is 0.899. The molecule has 6 nitrogen and oxygen atoms in total. The summed E-state index contributed by atoms with van der Waals surface area (Å²) in [4.78, 5) is 29.2. The topological polar surface area (TPSA) is 54.8 Å². The summed E-state index contributed by atoms with van der Waals surface area (Å²) < 4.78 is 8.15. The van der Waals surface area contributed by atoms with Crippen LogP contribution in [-0.4, -0.2) is 48.7 Å². The fourth-order valence-corrected chi connectivity index (χ4v) is 4.12. The second kappa shape index (κ2) is 8.29. The Morgan fingerprint density at radius 1 is 1.07 bits per heavy atom. The van der Waals surface area contributed by atoms with E-state index in [0.29, 0.717) is 18.5 Å². The summed E-state index contributed by atoms with van der Waals surface area (Å²) in [7, 11) is 1.67. The average molecular weight is 456 g/mol. The van der Waals surface area contributed by atoms with Crippen LogP contribution in [0.25, 0.3) is 10.9 Å². The zero-order chi connectivity index (χ0) is 20.4. The van der Waals surface area contributed by atoms with Gasteiger partial charge in [-0.1, -0.05) is 28.1 Å². The quantitative estimate of drug-likeness (QED) is 0.606. The van der Waals surface area contributed by atoms with E-state index in [4.69, 9.17) is 4.74 Å². The summed E-state index contributed by atoms with van der Waals surface area (Å²) in [6.07, 6.45) is 1.70. The molecule has 1 aliphatic rings. The van der Waals surface area contributed by atoms with Gasteiger partial charge in [0.25, 0.3) is 0 Å². The van der Waals surface area contributed by atoms with Gasteiger partial charge in [-0.3, -0.25) is 9.59 Å². The van der Waals surface area contributed by atoms with E-state index in [-0.39, 0.29) is 17.9 Å². The van der Waals surface area contributed by atoms with Gasteiger partial charge in [-0.25, -0.2) is 0 Å². The Bertz CT molecular complexity index is 1100. The van der Waals surface area contributed by atoms with E-state index in [1.807, 2.05) is 45.9 Å². The van der Waals surface area contributed by atoms with E-state index in [2.05, 4.69) is 20.8 Å². The molecule has 4 rings (SSSR count). The van der Waals surface area contributed by atoms with Crippen LogP contribution < -0.4 is 15.1 Å². The molecular formula is C22H22BrN3O3. The zero-order valence-corrected chi connectivity index (χ0v) is 17.8. The van der Waals surface area contributed by atoms with E-state index >= 15 is 0 Å². The number of ether oxygens (including phenoxy) is 1. The fourth-order valence-electron chi connectivity index (χ4n) is 3.76. The molecule has 1 aromatic heterocycles. The van der Waals surface area contributed by atoms with Crippen molar-refractivity contribution in [3.8, 4) is 5.75 Å². The van der Waals surface area contributed by atoms with Gasteiger partial charge in [0, 0.05) is 48.3 Å². The van der Waals surface area contributed by atoms with Crippen LogP contribution in [0.3, 0.4) is 0 Å². The third-order valence-electron chi connectivity index (χ3n) is 5.30. The standard InChI is InChI=1S/C22H22BrN3O3/c1-29-21-5-3-2-4-19(21)24-10-12-25(13-11-24)22(28)15-26-9-8-20(27)17-14-16(23)6-7-18(17)26/h2-9,14H,10-13,15H2,1H3. The van der Waals surface area contributed by atoms with Gasteiger partial charge in [0.05, 0.1) is 18.3 Å². The van der Waals surface area contributed by atoms with Crippen LogP contribution in [0.4, 0.5) is 5.69 Å². The first-order chi connectivity index (χ1) is 14.1. The molecule has 1 saturated heterocycles. The maximum Gasteiger partial charge on any atom is 0.242 e. The van der Waals surface area contributed by atoms with E-state index in [1.165, 1.54) is 6.07 Å². The number of para-hydroxylation sites is 2. The Hall–Kier alpha value is -2.80. The molecule has 29 heavy (non-hydrogen) atoms. The van der Waals surface area contributed by atoms with Gasteiger partial charge in [0.1, 0.15) is 12.3 Å². The molecule has 2 heterocycles. The Kier molecular flexibility index (Phi) is 5.58. The fraction of sp³-hybridized carbons (Fsp3) is 0.273. The number of hydrogen-bond acceptors (Lipinski definition) is 4. The molecular weight excluding hydrogens is 434 g/mol. The number of fused-ring (bicyclic) bond motifs is 1. The first kappa shape index (κ1) is 19.5. The van der Waals surface area contributed by atoms with Gasteiger partial charge >= 0.3 is 0 Å². The van der Waals surface area contributed by atoms with Crippen molar-refractivity contribution in [3.05, 3.63) is 69.4 Å². The lowest BCUT2D eigenvalue weighted by molar-refractivity contribution is -0.132. The lowest BCUT2D eigenvalue weighted by Crippen LogP contribution is -2.49. The van der Waals surface area contributed by atoms with Gasteiger partial charge in [-0.2, -0.15) is 0 Å². The summed E-state index contributed by atoms with van der Waals surface area (Å²) in [5.41, 5.74) is 1.77. The maximum absolute atomic E-state index is 12.9. The number of piperazine rings is 1. The third kappa shape index (κ3) is 4.00. The van der Waals surface area contributed by atoms with Crippen LogP contribution in [0.1, 0.15) is 0 Å². The van der Waals surface area contributed by atoms with Crippen molar-refractivity contribution in [2.45, 2.75) is 6.54 Å². The number of pyridine rings is 1. The van der Waals surface area contributed by atoms with Crippen LogP contribution in [0.2, 0.25) is 0 Å². The Balaban J connectivity index is 1.46. The number of halogens is 1. The van der Waals surface area contributed by atoms with Gasteiger partial charge in [0.15, 0.2) is 5.43 Å². The van der Waals surface area contributed by atoms with Crippen LogP contribution in [0.15, 0.2) is 64.0 Å². The lowest BCUT2D eigenvalue weighted by Gasteiger charge is -2.36. The molecule has 150 valence electrons. The largest absolute Gasteiger partial charge is 0.495 e. The second-order valence-corrected chi connectivity index (χ2v) is 7.92. The third-order valence-corrected chi connectivity index (χ3v) is 5.80. The Morgan fingerprint density at radius 3 is 2.59 bits per heavy atom. The number of rotatable bonds is 4. The highest BCUT2D eigenvalue weighted by atomic mass is 79.9. The lowest BCUT2D eigenvalue weighted by atomic mass is 10.2. The van der Waals surface area contributed by atoms with Crippen molar-refractivity contribution < 1.29 is 9.53 Å². The molecule has 0 bridgehead atoms. The first-order valence-corrected chi connectivity index (χ1v) is 10.3. The van der Waals surface area contributed by atoms with Crippen molar-refractivity contribution >= 4 is 38.4 Å². The molecule has 0 atom stereocenters. The average Bonchev–Trinajstić information content (AvgIpc) is 2.76. The normalized spacial score (nSPS) is 14.3. The zero-order valence-electron chi connectivity index (χ0n) is 16.2. The molecule has 1 aliphatic heterocycles. The summed E-state index contributed by atoms with van der Waals surface area (Å²) in [6, 6.07) is 15.0. The van der Waals surface area contributed by atoms with E-state index in [0.717, 1.165) is 34.5 Å². The molecule has 0 N–H and O–H groups in total. The molecule has 3 aromatic rings. The van der Waals surface area contributed by atoms with Gasteiger partial charge in [-0.05, 0) is 30.3 Å². The highest BCUT2D eigenvalue weighted by molar-refractivity contribution is 9.10. The van der Waals surface area contributed by atoms with Gasteiger partial charge in [0.2, 0.25) is 5.91 Å². The molecule has 0 spiro atoms. The number of benzene rings is 2. The van der Waals surface area contributed by atoms with Crippen molar-refractivity contribution in [3.63, 3.8) is 0 Å². The molecule has 1 fully saturated rings. The highest BCUT2D eigenvalue weighted by Gasteiger charge is 2.23. The molecule has 0 unspecified atom stereocenters. The SMILES string of the molecule is COc1ccccc1N1CCN(C(=O)Cn2ccc(=O)c3cc(Br)ccc32)CC1. The van der Waals surface area contributed by atoms with Crippen molar-refractivity contribution in [2.75, 3.05) is 38.2 Å². The molecule has 2 aromatic carbocycles. The monoisotopic (exact) mass is 455 g/mol. The minimum Gasteiger partial charge on any atom is -0.495 e. The number of carbonyl (C=O) groups is 1. The molecule has 0 aliphatic carbocycles. The minimum atomic E-state index is -0.0459. The highest BCUT2D eigenvalue weighted by Crippen LogP contribution is 2.28. The van der Waals surface area contributed by atoms with Crippen LogP contribution in [-0.2, 0) is 11.3 Å². The number of amides is 1. The van der Waals surface area contributed by atoms with Crippen LogP contribution in [0.5, 0.6) is 5.75 Å². The summed E-state index contributed by atoms with van der Waals surface area (Å²) in [5, 5.41) is 0.607. The van der Waals surface area contributed by atoms with E-state index in [9.17, 15) is 9.59 Å². The predicted octanol–water partition coefficient (Wildman–Crippen LogP) is 3.12. The number of carbonyl (C=O) groups excluding carboxylic acids is 1. The predicted molar refractivity (Wildman–Crippen MR) is 118 cm³/mol. The van der Waals surface area contributed by atoms with Crippen molar-refractivity contribution in [1.82, 2.24) is 9.47 Å². The van der Waals surface area contributed by atoms with Crippen molar-refractivity contribution in [2.24, 2.45) is 0 Å². The maximum atomic E-state index is 12.9. The Morgan fingerprint density at radius 2 is 1.83 bits per heavy atom. The van der Waals surface area contributed by atoms with Gasteiger partial charge in [-0.15, -0.1) is 0 Å². The number of hydrogen-bond donors (Lipinski definition) is 0. The molecule has 0 saturated carbocycles. The van der Waals surface area contributed by atoms with Crippen LogP contribution >= 0.6 is 15.9 Å². The number of nitrogens with zero attached hydrogens (tertiary/aromatic N) is 3. The van der Waals surface area contributed by atoms with E-state index in [1.54, 1.807) is 19.4 Å². The Labute approximate surface area is 177 Å². The number of methoxy groups -OCH3 is 1. The van der Waals surface area contributed by atoms with Crippen molar-refractivity contribution in [1.29, 1.82) is 0 Å². The first-order valence-electron chi connectivity index (χ1n) is 9.51. The number of anilines is 1. The molecule has 7 heteroatoms. The summed E-state index contributed by atoms with van der Waals surface area (Å²) >= 11 is 3.40. The van der Waals surface area contributed by atoms with Crippen LogP contribution in [0, 0.1) is 0 Å². The second-order valence-electron chi connectivity index (χ2n) is 7.01. The van der Waals surface area contributed by atoms with E-state index < -0.39 is 0 Å². The molecule has 1 amide bonds. The number of aromatic nitrogens is 1. The summed E-state index contributed by atoms with van der Waals surface area (Å²) in [6.45, 7) is 3.03. The smallest absolute Gasteiger partial charge is 0.242 e. The molecule has 0 radical (unpaired) electrons. The van der Waals surface area contributed by atoms with Gasteiger partial charge < -0.3 is 19.1 Å².